The molecule has 1 rings (SSSR count). The third kappa shape index (κ3) is 10.6. The zero-order chi connectivity index (χ0) is 26.4. The van der Waals surface area contributed by atoms with Crippen LogP contribution in [0.2, 0.25) is 0 Å². The van der Waals surface area contributed by atoms with Crippen molar-refractivity contribution < 1.29 is 23.9 Å². The van der Waals surface area contributed by atoms with Crippen molar-refractivity contribution in [3.05, 3.63) is 40.8 Å². The molecular formula is C24H37N5O6. The molecular weight excluding hydrogens is 454 g/mol. The van der Waals surface area contributed by atoms with E-state index in [1.54, 1.807) is 6.07 Å². The summed E-state index contributed by atoms with van der Waals surface area (Å²) >= 11 is 0. The van der Waals surface area contributed by atoms with Gasteiger partial charge in [0.25, 0.3) is 5.56 Å². The Labute approximate surface area is 205 Å². The number of carbonyl (C=O) groups excluding carboxylic acids is 4. The summed E-state index contributed by atoms with van der Waals surface area (Å²) in [6.45, 7) is 5.92. The van der Waals surface area contributed by atoms with Gasteiger partial charge in [-0.3, -0.25) is 19.2 Å². The second-order valence-corrected chi connectivity index (χ2v) is 8.18. The highest BCUT2D eigenvalue weighted by Gasteiger charge is 2.23. The molecule has 1 aromatic rings. The number of nitrogens with two attached hydrogens (primary N) is 1. The lowest BCUT2D eigenvalue weighted by Gasteiger charge is -2.19. The van der Waals surface area contributed by atoms with Crippen LogP contribution in [-0.2, 0) is 30.5 Å². The average molecular weight is 492 g/mol. The lowest BCUT2D eigenvalue weighted by molar-refractivity contribution is -0.134. The highest BCUT2D eigenvalue weighted by molar-refractivity contribution is 5.97. The normalized spacial score (nSPS) is 12.7. The summed E-state index contributed by atoms with van der Waals surface area (Å²) in [6, 6.07) is 1.11. The maximum absolute atomic E-state index is 12.9. The van der Waals surface area contributed by atoms with E-state index in [2.05, 4.69) is 34.5 Å². The molecule has 0 aliphatic heterocycles. The number of hydrogen-bond donors (Lipinski definition) is 4. The minimum Gasteiger partial charge on any atom is -0.466 e. The summed E-state index contributed by atoms with van der Waals surface area (Å²) in [5.74, 6) is -1.64. The molecule has 0 spiro atoms. The van der Waals surface area contributed by atoms with Crippen LogP contribution in [0.5, 0.6) is 0 Å². The van der Waals surface area contributed by atoms with Crippen molar-refractivity contribution in [2.75, 3.05) is 19.0 Å². The van der Waals surface area contributed by atoms with Crippen molar-refractivity contribution in [3.8, 4) is 0 Å². The monoisotopic (exact) mass is 491 g/mol. The highest BCUT2D eigenvalue weighted by atomic mass is 16.5. The van der Waals surface area contributed by atoms with Crippen LogP contribution in [0.4, 0.5) is 5.69 Å². The van der Waals surface area contributed by atoms with E-state index >= 15 is 0 Å². The first-order valence-corrected chi connectivity index (χ1v) is 11.7. The molecule has 0 fully saturated rings. The molecule has 1 heterocycles. The summed E-state index contributed by atoms with van der Waals surface area (Å²) in [6.07, 6.45) is 6.50. The van der Waals surface area contributed by atoms with Crippen LogP contribution in [0, 0.1) is 5.92 Å². The summed E-state index contributed by atoms with van der Waals surface area (Å²) in [5.41, 5.74) is 5.00. The van der Waals surface area contributed by atoms with Gasteiger partial charge in [0, 0.05) is 18.8 Å². The third-order valence-corrected chi connectivity index (χ3v) is 5.46. The molecule has 2 atom stereocenters. The molecule has 0 radical (unpaired) electrons. The summed E-state index contributed by atoms with van der Waals surface area (Å²) in [7, 11) is 1.25. The molecule has 1 aromatic heterocycles. The van der Waals surface area contributed by atoms with Crippen molar-refractivity contribution in [1.82, 2.24) is 15.2 Å². The van der Waals surface area contributed by atoms with Crippen LogP contribution in [0.25, 0.3) is 0 Å². The van der Waals surface area contributed by atoms with E-state index in [0.29, 0.717) is 12.5 Å². The zero-order valence-corrected chi connectivity index (χ0v) is 20.8. The van der Waals surface area contributed by atoms with E-state index < -0.39 is 35.4 Å². The molecule has 3 amide bonds. The van der Waals surface area contributed by atoms with Gasteiger partial charge in [-0.25, -0.2) is 4.79 Å². The molecule has 5 N–H and O–H groups in total. The maximum atomic E-state index is 12.9. The Morgan fingerprint density at radius 2 is 1.86 bits per heavy atom. The number of rotatable bonds is 14. The van der Waals surface area contributed by atoms with Crippen LogP contribution in [0.1, 0.15) is 46.5 Å². The predicted molar refractivity (Wildman–Crippen MR) is 132 cm³/mol. The smallest absolute Gasteiger partial charge is 0.330 e. The SMILES string of the molecule is CCC(CC)CNC(=O)Cn1cccc(NC(=O)C(CCC=CC(=O)OC)NC(=O)C(C)N)c1=O. The predicted octanol–water partition coefficient (Wildman–Crippen LogP) is 0.681. The van der Waals surface area contributed by atoms with Gasteiger partial charge in [0.05, 0.1) is 13.2 Å². The number of methoxy groups -OCH3 is 1. The number of nitrogens with one attached hydrogen (secondary N) is 3. The van der Waals surface area contributed by atoms with E-state index in [4.69, 9.17) is 5.73 Å². The fourth-order valence-corrected chi connectivity index (χ4v) is 3.10. The Kier molecular flexibility index (Phi) is 13.0. The molecule has 11 heteroatoms. The molecule has 0 aliphatic rings. The van der Waals surface area contributed by atoms with E-state index in [1.165, 1.54) is 43.0 Å². The van der Waals surface area contributed by atoms with Crippen molar-refractivity contribution in [2.45, 2.75) is 65.1 Å². The maximum Gasteiger partial charge on any atom is 0.330 e. The summed E-state index contributed by atoms with van der Waals surface area (Å²) in [4.78, 5) is 61.3. The van der Waals surface area contributed by atoms with E-state index in [-0.39, 0.29) is 31.0 Å². The second-order valence-electron chi connectivity index (χ2n) is 8.18. The van der Waals surface area contributed by atoms with Gasteiger partial charge in [-0.1, -0.05) is 32.8 Å². The van der Waals surface area contributed by atoms with Crippen LogP contribution in [-0.4, -0.2) is 54.0 Å². The highest BCUT2D eigenvalue weighted by Crippen LogP contribution is 2.07. The number of pyridine rings is 1. The molecule has 0 saturated heterocycles. The van der Waals surface area contributed by atoms with Gasteiger partial charge in [0.1, 0.15) is 18.3 Å². The van der Waals surface area contributed by atoms with Crippen molar-refractivity contribution in [3.63, 3.8) is 0 Å². The van der Waals surface area contributed by atoms with Crippen LogP contribution in [0.3, 0.4) is 0 Å². The van der Waals surface area contributed by atoms with Gasteiger partial charge in [-0.05, 0) is 37.8 Å². The lowest BCUT2D eigenvalue weighted by Crippen LogP contribution is -2.49. The summed E-state index contributed by atoms with van der Waals surface area (Å²) in [5, 5.41) is 7.89. The molecule has 11 nitrogen and oxygen atoms in total. The molecule has 0 bridgehead atoms. The molecule has 0 aromatic carbocycles. The molecule has 0 saturated carbocycles. The number of allylic oxidation sites excluding steroid dienone is 1. The number of aromatic nitrogens is 1. The molecule has 2 unspecified atom stereocenters. The van der Waals surface area contributed by atoms with E-state index in [1.807, 2.05) is 0 Å². The fraction of sp³-hybridized carbons (Fsp3) is 0.542. The Morgan fingerprint density at radius 3 is 2.46 bits per heavy atom. The van der Waals surface area contributed by atoms with Crippen LogP contribution < -0.4 is 27.2 Å². The third-order valence-electron chi connectivity index (χ3n) is 5.46. The number of ether oxygens (including phenoxy) is 1. The topological polar surface area (TPSA) is 162 Å². The van der Waals surface area contributed by atoms with Gasteiger partial charge in [0.2, 0.25) is 17.7 Å². The molecule has 35 heavy (non-hydrogen) atoms. The van der Waals surface area contributed by atoms with Gasteiger partial charge in [-0.15, -0.1) is 0 Å². The number of amides is 3. The Hall–Kier alpha value is -3.47. The zero-order valence-electron chi connectivity index (χ0n) is 20.8. The number of esters is 1. The Morgan fingerprint density at radius 1 is 1.17 bits per heavy atom. The fourth-order valence-electron chi connectivity index (χ4n) is 3.10. The van der Waals surface area contributed by atoms with Gasteiger partial charge < -0.3 is 31.0 Å². The quantitative estimate of drug-likeness (QED) is 0.220. The van der Waals surface area contributed by atoms with Crippen LogP contribution >= 0.6 is 0 Å². The van der Waals surface area contributed by atoms with Crippen molar-refractivity contribution in [1.29, 1.82) is 0 Å². The minimum atomic E-state index is -1.01. The minimum absolute atomic E-state index is 0.0320. The number of nitrogens with zero attached hydrogens (tertiary/aromatic N) is 1. The van der Waals surface area contributed by atoms with Crippen molar-refractivity contribution in [2.24, 2.45) is 11.7 Å². The molecule has 0 aliphatic carbocycles. The Bertz CT molecular complexity index is 952. The summed E-state index contributed by atoms with van der Waals surface area (Å²) < 4.78 is 5.71. The first-order chi connectivity index (χ1) is 16.6. The average Bonchev–Trinajstić information content (AvgIpc) is 2.83. The first kappa shape index (κ1) is 29.6. The standard InChI is InChI=1S/C24H37N5O6/c1-5-17(6-2)14-26-20(30)15-29-13-9-11-19(24(29)34)28-23(33)18(27-22(32)16(3)25)10-7-8-12-21(31)35-4/h8-9,11-13,16-18H,5-7,10,14-15,25H2,1-4H3,(H,26,30)(H,27,32)(H,28,33). The largest absolute Gasteiger partial charge is 0.466 e. The molecule has 194 valence electrons. The number of carbonyl (C=O) groups is 4. The van der Waals surface area contributed by atoms with Gasteiger partial charge in [0.15, 0.2) is 0 Å². The van der Waals surface area contributed by atoms with Crippen molar-refractivity contribution >= 4 is 29.4 Å². The Balaban J connectivity index is 2.91. The first-order valence-electron chi connectivity index (χ1n) is 11.7. The van der Waals surface area contributed by atoms with Gasteiger partial charge in [-0.2, -0.15) is 0 Å². The number of hydrogen-bond acceptors (Lipinski definition) is 7. The van der Waals surface area contributed by atoms with E-state index in [9.17, 15) is 24.0 Å². The lowest BCUT2D eigenvalue weighted by atomic mass is 10.0. The van der Waals surface area contributed by atoms with Gasteiger partial charge >= 0.3 is 5.97 Å². The second kappa shape index (κ2) is 15.4. The van der Waals surface area contributed by atoms with E-state index in [0.717, 1.165) is 12.8 Å². The van der Waals surface area contributed by atoms with Crippen LogP contribution in [0.15, 0.2) is 35.3 Å². The number of anilines is 1.